The van der Waals surface area contributed by atoms with Crippen LogP contribution in [0.2, 0.25) is 5.02 Å². The SMILES string of the molecule is CCC(=O)Nc1ccc(N2C(=S)N[C@@H](c3ccccn3)[C@@H]2c2cc(C)n(-c3cccc(Cl)c3C)c2C)cc1C. The molecule has 1 aliphatic rings. The molecule has 1 aliphatic heterocycles. The number of nitrogens with zero attached hydrogens (tertiary/aromatic N) is 3. The van der Waals surface area contributed by atoms with E-state index in [1.807, 2.05) is 69.4 Å². The first-order valence-corrected chi connectivity index (χ1v) is 13.8. The number of anilines is 2. The number of carbonyl (C=O) groups is 1. The van der Waals surface area contributed by atoms with Crippen LogP contribution in [0.1, 0.15) is 59.2 Å². The molecule has 2 aromatic heterocycles. The predicted octanol–water partition coefficient (Wildman–Crippen LogP) is 7.28. The Kier molecular flexibility index (Phi) is 7.47. The normalized spacial score (nSPS) is 16.9. The van der Waals surface area contributed by atoms with Gasteiger partial charge in [0.2, 0.25) is 5.91 Å². The molecule has 1 fully saturated rings. The van der Waals surface area contributed by atoms with E-state index in [1.165, 1.54) is 0 Å². The third kappa shape index (κ3) is 4.92. The van der Waals surface area contributed by atoms with Crippen molar-refractivity contribution in [1.29, 1.82) is 0 Å². The van der Waals surface area contributed by atoms with Crippen LogP contribution in [0.3, 0.4) is 0 Å². The molecule has 2 N–H and O–H groups in total. The summed E-state index contributed by atoms with van der Waals surface area (Å²) in [7, 11) is 0. The Bertz CT molecular complexity index is 1560. The van der Waals surface area contributed by atoms with Crippen molar-refractivity contribution < 1.29 is 4.79 Å². The minimum Gasteiger partial charge on any atom is -0.351 e. The first-order valence-electron chi connectivity index (χ1n) is 13.1. The van der Waals surface area contributed by atoms with Gasteiger partial charge in [-0.15, -0.1) is 0 Å². The fraction of sp³-hybridized carbons (Fsp3) is 0.258. The average Bonchev–Trinajstić information content (AvgIpc) is 3.42. The summed E-state index contributed by atoms with van der Waals surface area (Å²) in [6.45, 7) is 10.2. The number of halogens is 1. The molecule has 0 spiro atoms. The largest absolute Gasteiger partial charge is 0.351 e. The number of hydrogen-bond acceptors (Lipinski definition) is 3. The number of thiocarbonyl (C=S) groups is 1. The lowest BCUT2D eigenvalue weighted by atomic mass is 9.96. The van der Waals surface area contributed by atoms with Gasteiger partial charge in [-0.2, -0.15) is 0 Å². The molecule has 0 bridgehead atoms. The number of carbonyl (C=O) groups excluding carboxylic acids is 1. The van der Waals surface area contributed by atoms with Gasteiger partial charge in [0.25, 0.3) is 0 Å². The molecule has 3 heterocycles. The molecule has 0 aliphatic carbocycles. The molecular weight excluding hydrogens is 526 g/mol. The summed E-state index contributed by atoms with van der Waals surface area (Å²) in [5.41, 5.74) is 9.11. The zero-order chi connectivity index (χ0) is 27.8. The number of pyridine rings is 1. The molecule has 39 heavy (non-hydrogen) atoms. The second-order valence-electron chi connectivity index (χ2n) is 9.94. The second-order valence-corrected chi connectivity index (χ2v) is 10.7. The molecule has 0 unspecified atom stereocenters. The van der Waals surface area contributed by atoms with Crippen molar-refractivity contribution in [1.82, 2.24) is 14.9 Å². The minimum atomic E-state index is -0.159. The molecule has 0 radical (unpaired) electrons. The van der Waals surface area contributed by atoms with Crippen molar-refractivity contribution in [3.05, 3.63) is 106 Å². The topological polar surface area (TPSA) is 62.2 Å². The Morgan fingerprint density at radius 3 is 2.56 bits per heavy atom. The van der Waals surface area contributed by atoms with Crippen LogP contribution in [0.25, 0.3) is 5.69 Å². The molecule has 1 saturated heterocycles. The smallest absolute Gasteiger partial charge is 0.224 e. The predicted molar refractivity (Wildman–Crippen MR) is 163 cm³/mol. The molecule has 1 amide bonds. The van der Waals surface area contributed by atoms with Crippen LogP contribution < -0.4 is 15.5 Å². The van der Waals surface area contributed by atoms with Gasteiger partial charge in [0.15, 0.2) is 5.11 Å². The van der Waals surface area contributed by atoms with Crippen LogP contribution in [-0.4, -0.2) is 20.6 Å². The van der Waals surface area contributed by atoms with E-state index in [4.69, 9.17) is 28.8 Å². The summed E-state index contributed by atoms with van der Waals surface area (Å²) in [5.74, 6) is -0.0129. The summed E-state index contributed by atoms with van der Waals surface area (Å²) < 4.78 is 2.26. The van der Waals surface area contributed by atoms with Crippen molar-refractivity contribution in [3.63, 3.8) is 0 Å². The highest BCUT2D eigenvalue weighted by Crippen LogP contribution is 2.44. The van der Waals surface area contributed by atoms with Gasteiger partial charge in [-0.1, -0.05) is 30.7 Å². The fourth-order valence-corrected chi connectivity index (χ4v) is 5.94. The standard InChI is InChI=1S/C31H32ClN5OS/c1-6-28(38)34-25-14-13-22(16-18(25)2)37-30(29(35-31(37)39)26-11-7-8-15-33-26)23-17-19(3)36(21(23)5)27-12-9-10-24(32)20(27)4/h7-17,29-30H,6H2,1-5H3,(H,34,38)(H,35,39)/t29-,30-/m0/s1. The third-order valence-electron chi connectivity index (χ3n) is 7.45. The first kappa shape index (κ1) is 26.9. The lowest BCUT2D eigenvalue weighted by molar-refractivity contribution is -0.115. The Hall–Kier alpha value is -3.68. The highest BCUT2D eigenvalue weighted by molar-refractivity contribution is 7.80. The van der Waals surface area contributed by atoms with E-state index in [0.717, 1.165) is 55.9 Å². The fourth-order valence-electron chi connectivity index (χ4n) is 5.42. The van der Waals surface area contributed by atoms with Crippen LogP contribution in [0.4, 0.5) is 11.4 Å². The van der Waals surface area contributed by atoms with Gasteiger partial charge in [0.05, 0.1) is 17.8 Å². The number of benzene rings is 2. The van der Waals surface area contributed by atoms with Gasteiger partial charge in [-0.05, 0) is 105 Å². The molecule has 2 aromatic carbocycles. The number of amides is 1. The number of aryl methyl sites for hydroxylation is 2. The van der Waals surface area contributed by atoms with E-state index >= 15 is 0 Å². The lowest BCUT2D eigenvalue weighted by Crippen LogP contribution is -2.29. The van der Waals surface area contributed by atoms with E-state index < -0.39 is 0 Å². The zero-order valence-electron chi connectivity index (χ0n) is 22.7. The van der Waals surface area contributed by atoms with Crippen molar-refractivity contribution >= 4 is 46.2 Å². The number of hydrogen-bond donors (Lipinski definition) is 2. The third-order valence-corrected chi connectivity index (χ3v) is 8.17. The van der Waals surface area contributed by atoms with Crippen LogP contribution in [0, 0.1) is 27.7 Å². The number of rotatable bonds is 6. The lowest BCUT2D eigenvalue weighted by Gasteiger charge is -2.29. The number of nitrogens with one attached hydrogen (secondary N) is 2. The highest BCUT2D eigenvalue weighted by atomic mass is 35.5. The Morgan fingerprint density at radius 1 is 1.08 bits per heavy atom. The summed E-state index contributed by atoms with van der Waals surface area (Å²) in [6, 6.07) is 19.9. The van der Waals surface area contributed by atoms with Gasteiger partial charge in [0.1, 0.15) is 0 Å². The van der Waals surface area contributed by atoms with E-state index in [-0.39, 0.29) is 18.0 Å². The second kappa shape index (κ2) is 10.8. The maximum Gasteiger partial charge on any atom is 0.224 e. The minimum absolute atomic E-state index is 0.0129. The van der Waals surface area contributed by atoms with Gasteiger partial charge >= 0.3 is 0 Å². The Morgan fingerprint density at radius 2 is 1.87 bits per heavy atom. The van der Waals surface area contributed by atoms with E-state index in [1.54, 1.807) is 0 Å². The molecule has 5 rings (SSSR count). The summed E-state index contributed by atoms with van der Waals surface area (Å²) in [6.07, 6.45) is 2.24. The average molecular weight is 558 g/mol. The monoisotopic (exact) mass is 557 g/mol. The van der Waals surface area contributed by atoms with E-state index in [9.17, 15) is 4.79 Å². The number of aromatic nitrogens is 2. The molecule has 6 nitrogen and oxygen atoms in total. The molecule has 2 atom stereocenters. The van der Waals surface area contributed by atoms with E-state index in [0.29, 0.717) is 11.5 Å². The van der Waals surface area contributed by atoms with Gasteiger partial charge in [-0.25, -0.2) is 0 Å². The molecule has 0 saturated carbocycles. The highest BCUT2D eigenvalue weighted by Gasteiger charge is 2.42. The molecule has 200 valence electrons. The maximum atomic E-state index is 12.0. The summed E-state index contributed by atoms with van der Waals surface area (Å²) in [5, 5.41) is 7.91. The molecular formula is C31H32ClN5OS. The first-order chi connectivity index (χ1) is 18.7. The maximum absolute atomic E-state index is 12.0. The summed E-state index contributed by atoms with van der Waals surface area (Å²) in [4.78, 5) is 18.9. The van der Waals surface area contributed by atoms with Crippen LogP contribution >= 0.6 is 23.8 Å². The van der Waals surface area contributed by atoms with Crippen molar-refractivity contribution in [2.75, 3.05) is 10.2 Å². The Balaban J connectivity index is 1.65. The quantitative estimate of drug-likeness (QED) is 0.244. The van der Waals surface area contributed by atoms with Crippen molar-refractivity contribution in [2.45, 2.75) is 53.1 Å². The van der Waals surface area contributed by atoms with Gasteiger partial charge in [0, 0.05) is 46.1 Å². The molecule has 4 aromatic rings. The molecule has 8 heteroatoms. The van der Waals surface area contributed by atoms with Crippen molar-refractivity contribution in [3.8, 4) is 5.69 Å². The Labute approximate surface area is 240 Å². The zero-order valence-corrected chi connectivity index (χ0v) is 24.3. The van der Waals surface area contributed by atoms with Gasteiger partial charge in [-0.3, -0.25) is 9.78 Å². The van der Waals surface area contributed by atoms with Crippen LogP contribution in [0.5, 0.6) is 0 Å². The van der Waals surface area contributed by atoms with Crippen LogP contribution in [-0.2, 0) is 4.79 Å². The van der Waals surface area contributed by atoms with E-state index in [2.05, 4.69) is 52.1 Å². The van der Waals surface area contributed by atoms with Gasteiger partial charge < -0.3 is 20.1 Å². The van der Waals surface area contributed by atoms with Crippen LogP contribution in [0.15, 0.2) is 66.9 Å². The summed E-state index contributed by atoms with van der Waals surface area (Å²) >= 11 is 12.5. The van der Waals surface area contributed by atoms with Crippen molar-refractivity contribution in [2.24, 2.45) is 0 Å².